The van der Waals surface area contributed by atoms with E-state index in [4.69, 9.17) is 4.74 Å². The Morgan fingerprint density at radius 1 is 1.00 bits per heavy atom. The van der Waals surface area contributed by atoms with Crippen molar-refractivity contribution in [1.82, 2.24) is 10.2 Å². The van der Waals surface area contributed by atoms with Crippen LogP contribution in [0, 0.1) is 11.6 Å². The molecule has 0 radical (unpaired) electrons. The van der Waals surface area contributed by atoms with E-state index in [-0.39, 0.29) is 17.3 Å². The average Bonchev–Trinajstić information content (AvgIpc) is 2.65. The Morgan fingerprint density at radius 3 is 2.42 bits per heavy atom. The lowest BCUT2D eigenvalue weighted by molar-refractivity contribution is 0.102. The molecule has 3 aromatic rings. The van der Waals surface area contributed by atoms with Gasteiger partial charge in [-0.2, -0.15) is 0 Å². The van der Waals surface area contributed by atoms with Gasteiger partial charge in [0.1, 0.15) is 17.4 Å². The molecule has 0 saturated carbocycles. The summed E-state index contributed by atoms with van der Waals surface area (Å²) in [7, 11) is 1.47. The monoisotopic (exact) mass is 356 g/mol. The number of methoxy groups -OCH3 is 1. The molecule has 2 N–H and O–H groups in total. The maximum atomic E-state index is 13.6. The molecule has 1 amide bonds. The fraction of sp³-hybridized carbons (Fsp3) is 0.0556. The third kappa shape index (κ3) is 3.92. The zero-order valence-electron chi connectivity index (χ0n) is 13.7. The van der Waals surface area contributed by atoms with Gasteiger partial charge in [-0.25, -0.2) is 8.78 Å². The van der Waals surface area contributed by atoms with Crippen molar-refractivity contribution in [3.63, 3.8) is 0 Å². The number of hydrogen-bond donors (Lipinski definition) is 2. The van der Waals surface area contributed by atoms with Crippen molar-refractivity contribution in [3.8, 4) is 5.75 Å². The van der Waals surface area contributed by atoms with Gasteiger partial charge >= 0.3 is 0 Å². The fourth-order valence-electron chi connectivity index (χ4n) is 2.21. The summed E-state index contributed by atoms with van der Waals surface area (Å²) in [6.45, 7) is 0. The van der Waals surface area contributed by atoms with Crippen molar-refractivity contribution in [2.45, 2.75) is 0 Å². The molecule has 0 saturated heterocycles. The van der Waals surface area contributed by atoms with E-state index in [1.807, 2.05) is 0 Å². The molecular weight excluding hydrogens is 342 g/mol. The van der Waals surface area contributed by atoms with Crippen LogP contribution in [0.15, 0.2) is 54.6 Å². The number of hydrogen-bond acceptors (Lipinski definition) is 5. The van der Waals surface area contributed by atoms with Gasteiger partial charge in [0, 0.05) is 6.07 Å². The summed E-state index contributed by atoms with van der Waals surface area (Å²) in [4.78, 5) is 12.3. The number of aromatic nitrogens is 2. The number of carbonyl (C=O) groups is 1. The minimum atomic E-state index is -0.750. The number of anilines is 3. The molecule has 0 aliphatic rings. The van der Waals surface area contributed by atoms with Gasteiger partial charge in [-0.15, -0.1) is 10.2 Å². The lowest BCUT2D eigenvalue weighted by Crippen LogP contribution is -2.14. The molecule has 0 spiro atoms. The summed E-state index contributed by atoms with van der Waals surface area (Å²) in [5.41, 5.74) is 0.416. The predicted molar refractivity (Wildman–Crippen MR) is 92.6 cm³/mol. The Kier molecular flexibility index (Phi) is 5.02. The maximum absolute atomic E-state index is 13.6. The zero-order chi connectivity index (χ0) is 18.5. The largest absolute Gasteiger partial charge is 0.496 e. The number of nitrogens with one attached hydrogen (secondary N) is 2. The van der Waals surface area contributed by atoms with Crippen LogP contribution in [0.2, 0.25) is 0 Å². The Bertz CT molecular complexity index is 933. The number of amides is 1. The Labute approximate surface area is 147 Å². The van der Waals surface area contributed by atoms with E-state index in [0.717, 1.165) is 12.1 Å². The Morgan fingerprint density at radius 2 is 1.73 bits per heavy atom. The number of ether oxygens (including phenoxy) is 1. The van der Waals surface area contributed by atoms with E-state index >= 15 is 0 Å². The molecule has 8 heteroatoms. The van der Waals surface area contributed by atoms with E-state index in [9.17, 15) is 13.6 Å². The second kappa shape index (κ2) is 7.56. The van der Waals surface area contributed by atoms with Gasteiger partial charge in [0.15, 0.2) is 11.6 Å². The molecule has 1 heterocycles. The number of nitrogens with zero attached hydrogens (tertiary/aromatic N) is 2. The van der Waals surface area contributed by atoms with Crippen LogP contribution in [0.5, 0.6) is 5.75 Å². The van der Waals surface area contributed by atoms with Gasteiger partial charge < -0.3 is 15.4 Å². The van der Waals surface area contributed by atoms with E-state index in [1.54, 1.807) is 24.3 Å². The maximum Gasteiger partial charge on any atom is 0.260 e. The number of halogens is 2. The van der Waals surface area contributed by atoms with Gasteiger partial charge in [0.2, 0.25) is 0 Å². The molecule has 26 heavy (non-hydrogen) atoms. The second-order valence-corrected chi connectivity index (χ2v) is 5.21. The van der Waals surface area contributed by atoms with Gasteiger partial charge in [0.25, 0.3) is 5.91 Å². The molecule has 1 aromatic heterocycles. The highest BCUT2D eigenvalue weighted by Crippen LogP contribution is 2.21. The first kappa shape index (κ1) is 17.3. The number of para-hydroxylation sites is 1. The minimum absolute atomic E-state index is 0.0616. The van der Waals surface area contributed by atoms with Gasteiger partial charge in [0.05, 0.1) is 18.4 Å². The Balaban J connectivity index is 1.70. The van der Waals surface area contributed by atoms with Crippen LogP contribution in [0.1, 0.15) is 10.4 Å². The predicted octanol–water partition coefficient (Wildman–Crippen LogP) is 3.76. The SMILES string of the molecule is COc1ccccc1C(=O)Nc1ccc(Nc2ccc(F)cc2F)nn1. The molecule has 2 aromatic carbocycles. The van der Waals surface area contributed by atoms with Gasteiger partial charge in [-0.3, -0.25) is 4.79 Å². The van der Waals surface area contributed by atoms with Crippen molar-refractivity contribution >= 4 is 23.2 Å². The van der Waals surface area contributed by atoms with Crippen molar-refractivity contribution in [2.75, 3.05) is 17.7 Å². The number of rotatable bonds is 5. The number of benzene rings is 2. The van der Waals surface area contributed by atoms with Crippen LogP contribution in [0.25, 0.3) is 0 Å². The summed E-state index contributed by atoms with van der Waals surface area (Å²) in [6.07, 6.45) is 0. The molecule has 0 atom stereocenters. The first-order valence-electron chi connectivity index (χ1n) is 7.57. The Hall–Kier alpha value is -3.55. The highest BCUT2D eigenvalue weighted by atomic mass is 19.1. The zero-order valence-corrected chi connectivity index (χ0v) is 13.7. The first-order chi connectivity index (χ1) is 12.6. The van der Waals surface area contributed by atoms with Crippen LogP contribution in [-0.4, -0.2) is 23.2 Å². The van der Waals surface area contributed by atoms with E-state index < -0.39 is 17.5 Å². The molecule has 0 bridgehead atoms. The summed E-state index contributed by atoms with van der Waals surface area (Å²) < 4.78 is 31.7. The van der Waals surface area contributed by atoms with Crippen LogP contribution in [0.3, 0.4) is 0 Å². The van der Waals surface area contributed by atoms with Crippen molar-refractivity contribution < 1.29 is 18.3 Å². The quantitative estimate of drug-likeness (QED) is 0.728. The highest BCUT2D eigenvalue weighted by molar-refractivity contribution is 6.05. The topological polar surface area (TPSA) is 76.1 Å². The van der Waals surface area contributed by atoms with Gasteiger partial charge in [-0.05, 0) is 36.4 Å². The van der Waals surface area contributed by atoms with Crippen molar-refractivity contribution in [1.29, 1.82) is 0 Å². The fourth-order valence-corrected chi connectivity index (χ4v) is 2.21. The smallest absolute Gasteiger partial charge is 0.260 e. The average molecular weight is 356 g/mol. The van der Waals surface area contributed by atoms with Crippen molar-refractivity contribution in [2.24, 2.45) is 0 Å². The van der Waals surface area contributed by atoms with Crippen LogP contribution in [-0.2, 0) is 0 Å². The summed E-state index contributed by atoms with van der Waals surface area (Å²) in [5.74, 6) is -0.934. The third-order valence-electron chi connectivity index (χ3n) is 3.45. The summed E-state index contributed by atoms with van der Waals surface area (Å²) >= 11 is 0. The molecule has 132 valence electrons. The standard InChI is InChI=1S/C18H14F2N4O2/c1-26-15-5-3-2-4-12(15)18(25)22-17-9-8-16(23-24-17)21-14-7-6-11(19)10-13(14)20/h2-10H,1H3,(H,21,23)(H,22,24,25). The lowest BCUT2D eigenvalue weighted by Gasteiger charge is -2.09. The first-order valence-corrected chi connectivity index (χ1v) is 7.57. The van der Waals surface area contributed by atoms with Crippen LogP contribution < -0.4 is 15.4 Å². The van der Waals surface area contributed by atoms with E-state index in [2.05, 4.69) is 20.8 Å². The number of carbonyl (C=O) groups excluding carboxylic acids is 1. The molecule has 0 fully saturated rings. The molecule has 0 aliphatic heterocycles. The van der Waals surface area contributed by atoms with E-state index in [0.29, 0.717) is 11.3 Å². The lowest BCUT2D eigenvalue weighted by atomic mass is 10.2. The van der Waals surface area contributed by atoms with Crippen LogP contribution in [0.4, 0.5) is 26.1 Å². The van der Waals surface area contributed by atoms with Crippen LogP contribution >= 0.6 is 0 Å². The molecule has 0 aliphatic carbocycles. The molecule has 0 unspecified atom stereocenters. The highest BCUT2D eigenvalue weighted by Gasteiger charge is 2.12. The molecule has 6 nitrogen and oxygen atoms in total. The summed E-state index contributed by atoms with van der Waals surface area (Å²) in [6, 6.07) is 12.9. The second-order valence-electron chi connectivity index (χ2n) is 5.21. The minimum Gasteiger partial charge on any atom is -0.496 e. The van der Waals surface area contributed by atoms with Crippen molar-refractivity contribution in [3.05, 3.63) is 71.8 Å². The van der Waals surface area contributed by atoms with Gasteiger partial charge in [-0.1, -0.05) is 12.1 Å². The molecule has 3 rings (SSSR count). The third-order valence-corrected chi connectivity index (χ3v) is 3.45. The summed E-state index contributed by atoms with van der Waals surface area (Å²) in [5, 5.41) is 13.0. The normalized spacial score (nSPS) is 10.3. The van der Waals surface area contributed by atoms with E-state index in [1.165, 1.54) is 25.3 Å². The molecular formula is C18H14F2N4O2.